The maximum atomic E-state index is 11.6. The lowest BCUT2D eigenvalue weighted by atomic mass is 9.75. The molecule has 1 N–H and O–H groups in total. The van der Waals surface area contributed by atoms with Crippen molar-refractivity contribution < 1.29 is 9.90 Å². The zero-order chi connectivity index (χ0) is 13.6. The number of carboxylic acids is 1. The lowest BCUT2D eigenvalue weighted by Crippen LogP contribution is -2.33. The van der Waals surface area contributed by atoms with Gasteiger partial charge in [0.2, 0.25) is 0 Å². The molecular formula is C15H21ClO2. The highest BCUT2D eigenvalue weighted by Crippen LogP contribution is 2.35. The highest BCUT2D eigenvalue weighted by molar-refractivity contribution is 6.31. The summed E-state index contributed by atoms with van der Waals surface area (Å²) in [5.74, 6) is -0.710. The number of unbranched alkanes of at least 4 members (excludes halogenated alkanes) is 1. The van der Waals surface area contributed by atoms with Crippen LogP contribution < -0.4 is 0 Å². The molecule has 1 aromatic carbocycles. The first-order valence-corrected chi connectivity index (χ1v) is 6.90. The summed E-state index contributed by atoms with van der Waals surface area (Å²) in [5, 5.41) is 10.2. The first-order chi connectivity index (χ1) is 8.55. The minimum absolute atomic E-state index is 0.512. The van der Waals surface area contributed by atoms with Gasteiger partial charge in [0.15, 0.2) is 0 Å². The predicted octanol–water partition coefficient (Wildman–Crippen LogP) is 4.55. The van der Waals surface area contributed by atoms with Crippen LogP contribution in [0.3, 0.4) is 0 Å². The fourth-order valence-electron chi connectivity index (χ4n) is 2.25. The van der Waals surface area contributed by atoms with Gasteiger partial charge in [-0.25, -0.2) is 0 Å². The van der Waals surface area contributed by atoms with E-state index < -0.39 is 11.4 Å². The third kappa shape index (κ3) is 3.49. The number of benzene rings is 1. The van der Waals surface area contributed by atoms with E-state index in [1.807, 2.05) is 31.2 Å². The van der Waals surface area contributed by atoms with Crippen LogP contribution >= 0.6 is 11.6 Å². The minimum Gasteiger partial charge on any atom is -0.481 e. The van der Waals surface area contributed by atoms with Crippen LogP contribution in [0.15, 0.2) is 24.3 Å². The summed E-state index contributed by atoms with van der Waals surface area (Å²) in [6.07, 6.45) is 3.80. The molecule has 1 aromatic rings. The van der Waals surface area contributed by atoms with Crippen molar-refractivity contribution in [2.45, 2.75) is 46.0 Å². The molecule has 0 aliphatic rings. The second kappa shape index (κ2) is 6.79. The van der Waals surface area contributed by atoms with E-state index in [4.69, 9.17) is 11.6 Å². The van der Waals surface area contributed by atoms with Gasteiger partial charge in [0.1, 0.15) is 0 Å². The number of carbonyl (C=O) groups is 1. The fraction of sp³-hybridized carbons (Fsp3) is 0.533. The molecule has 1 rings (SSSR count). The quantitative estimate of drug-likeness (QED) is 0.787. The van der Waals surface area contributed by atoms with E-state index in [0.29, 0.717) is 24.3 Å². The second-order valence-corrected chi connectivity index (χ2v) is 5.22. The Hall–Kier alpha value is -1.02. The monoisotopic (exact) mass is 268 g/mol. The largest absolute Gasteiger partial charge is 0.481 e. The predicted molar refractivity (Wildman–Crippen MR) is 75.0 cm³/mol. The van der Waals surface area contributed by atoms with Crippen LogP contribution in [0.4, 0.5) is 0 Å². The van der Waals surface area contributed by atoms with E-state index in [9.17, 15) is 9.90 Å². The molecular weight excluding hydrogens is 248 g/mol. The van der Waals surface area contributed by atoms with Gasteiger partial charge in [-0.3, -0.25) is 4.79 Å². The fourth-order valence-corrected chi connectivity index (χ4v) is 2.45. The molecule has 1 unspecified atom stereocenters. The van der Waals surface area contributed by atoms with Gasteiger partial charge in [0, 0.05) is 5.02 Å². The summed E-state index contributed by atoms with van der Waals surface area (Å²) in [6.45, 7) is 4.03. The zero-order valence-electron chi connectivity index (χ0n) is 11.1. The van der Waals surface area contributed by atoms with Gasteiger partial charge in [-0.05, 0) is 30.9 Å². The number of halogens is 1. The van der Waals surface area contributed by atoms with Crippen LogP contribution in [0.5, 0.6) is 0 Å². The van der Waals surface area contributed by atoms with E-state index >= 15 is 0 Å². The van der Waals surface area contributed by atoms with Gasteiger partial charge in [-0.1, -0.05) is 56.5 Å². The van der Waals surface area contributed by atoms with Crippen molar-refractivity contribution in [3.05, 3.63) is 34.9 Å². The third-order valence-electron chi connectivity index (χ3n) is 3.63. The minimum atomic E-state index is -0.710. The van der Waals surface area contributed by atoms with Crippen molar-refractivity contribution in [2.24, 2.45) is 5.41 Å². The maximum Gasteiger partial charge on any atom is 0.309 e. The van der Waals surface area contributed by atoms with Crippen LogP contribution in [-0.4, -0.2) is 11.1 Å². The van der Waals surface area contributed by atoms with Crippen LogP contribution in [0, 0.1) is 5.41 Å². The second-order valence-electron chi connectivity index (χ2n) is 4.81. The SMILES string of the molecule is CCCCC(CC)(Cc1ccccc1Cl)C(=O)O. The van der Waals surface area contributed by atoms with Crippen molar-refractivity contribution in [1.82, 2.24) is 0 Å². The van der Waals surface area contributed by atoms with E-state index in [1.165, 1.54) is 0 Å². The number of aliphatic carboxylic acids is 1. The lowest BCUT2D eigenvalue weighted by molar-refractivity contribution is -0.149. The molecule has 0 spiro atoms. The smallest absolute Gasteiger partial charge is 0.309 e. The Morgan fingerprint density at radius 2 is 2.00 bits per heavy atom. The molecule has 0 aliphatic carbocycles. The molecule has 1 atom stereocenters. The Morgan fingerprint density at radius 1 is 1.33 bits per heavy atom. The van der Waals surface area contributed by atoms with E-state index in [1.54, 1.807) is 0 Å². The number of carboxylic acid groups (broad SMARTS) is 1. The van der Waals surface area contributed by atoms with Crippen molar-refractivity contribution in [1.29, 1.82) is 0 Å². The summed E-state index contributed by atoms with van der Waals surface area (Å²) in [7, 11) is 0. The zero-order valence-corrected chi connectivity index (χ0v) is 11.8. The third-order valence-corrected chi connectivity index (χ3v) is 3.99. The topological polar surface area (TPSA) is 37.3 Å². The molecule has 0 heterocycles. The molecule has 18 heavy (non-hydrogen) atoms. The van der Waals surface area contributed by atoms with Gasteiger partial charge >= 0.3 is 5.97 Å². The Morgan fingerprint density at radius 3 is 2.50 bits per heavy atom. The molecule has 0 aromatic heterocycles. The summed E-state index contributed by atoms with van der Waals surface area (Å²) < 4.78 is 0. The maximum absolute atomic E-state index is 11.6. The van der Waals surface area contributed by atoms with Crippen molar-refractivity contribution in [2.75, 3.05) is 0 Å². The van der Waals surface area contributed by atoms with Crippen LogP contribution in [-0.2, 0) is 11.2 Å². The Balaban J connectivity index is 2.97. The van der Waals surface area contributed by atoms with Crippen LogP contribution in [0.1, 0.15) is 45.1 Å². The molecule has 100 valence electrons. The molecule has 2 nitrogen and oxygen atoms in total. The van der Waals surface area contributed by atoms with Crippen molar-refractivity contribution >= 4 is 17.6 Å². The Bertz CT molecular complexity index is 403. The van der Waals surface area contributed by atoms with Gasteiger partial charge in [-0.15, -0.1) is 0 Å². The summed E-state index contributed by atoms with van der Waals surface area (Å²) in [4.78, 5) is 11.6. The normalized spacial score (nSPS) is 14.2. The van der Waals surface area contributed by atoms with Crippen LogP contribution in [0.2, 0.25) is 5.02 Å². The highest BCUT2D eigenvalue weighted by atomic mass is 35.5. The Labute approximate surface area is 114 Å². The average Bonchev–Trinajstić information content (AvgIpc) is 2.36. The summed E-state index contributed by atoms with van der Waals surface area (Å²) in [6, 6.07) is 7.51. The van der Waals surface area contributed by atoms with Gasteiger partial charge in [-0.2, -0.15) is 0 Å². The molecule has 3 heteroatoms. The van der Waals surface area contributed by atoms with E-state index in [-0.39, 0.29) is 0 Å². The van der Waals surface area contributed by atoms with E-state index in [0.717, 1.165) is 18.4 Å². The molecule has 0 saturated carbocycles. The Kier molecular flexibility index (Phi) is 5.67. The highest BCUT2D eigenvalue weighted by Gasteiger charge is 2.36. The first-order valence-electron chi connectivity index (χ1n) is 6.52. The first kappa shape index (κ1) is 15.0. The number of hydrogen-bond acceptors (Lipinski definition) is 1. The van der Waals surface area contributed by atoms with Gasteiger partial charge in [0.25, 0.3) is 0 Å². The summed E-state index contributed by atoms with van der Waals surface area (Å²) in [5.41, 5.74) is 0.251. The summed E-state index contributed by atoms with van der Waals surface area (Å²) >= 11 is 6.13. The van der Waals surface area contributed by atoms with Crippen molar-refractivity contribution in [3.8, 4) is 0 Å². The standard InChI is InChI=1S/C15H21ClO2/c1-3-5-10-15(4-2,14(17)18)11-12-8-6-7-9-13(12)16/h6-9H,3-5,10-11H2,1-2H3,(H,17,18). The van der Waals surface area contributed by atoms with E-state index in [2.05, 4.69) is 6.92 Å². The lowest BCUT2D eigenvalue weighted by Gasteiger charge is -2.28. The molecule has 0 radical (unpaired) electrons. The molecule has 0 amide bonds. The molecule has 0 bridgehead atoms. The van der Waals surface area contributed by atoms with Crippen LogP contribution in [0.25, 0.3) is 0 Å². The van der Waals surface area contributed by atoms with Crippen molar-refractivity contribution in [3.63, 3.8) is 0 Å². The van der Waals surface area contributed by atoms with Gasteiger partial charge in [0.05, 0.1) is 5.41 Å². The number of rotatable bonds is 7. The molecule has 0 saturated heterocycles. The number of hydrogen-bond donors (Lipinski definition) is 1. The molecule has 0 aliphatic heterocycles. The molecule has 0 fully saturated rings. The average molecular weight is 269 g/mol. The van der Waals surface area contributed by atoms with Gasteiger partial charge < -0.3 is 5.11 Å².